The SMILES string of the molecule is COc1cc(/C=C2\N=C(c3ccccc3)N(c3c(C)n(C)n(-c4ccccc4)c3=O)C2=O)ccc1O. The van der Waals surface area contributed by atoms with Crippen LogP contribution in [0.1, 0.15) is 16.8 Å². The number of ether oxygens (including phenoxy) is 1. The number of carbonyl (C=O) groups is 1. The van der Waals surface area contributed by atoms with Gasteiger partial charge in [-0.05, 0) is 42.8 Å². The lowest BCUT2D eigenvalue weighted by Gasteiger charge is -2.17. The van der Waals surface area contributed by atoms with E-state index in [1.165, 1.54) is 22.8 Å². The van der Waals surface area contributed by atoms with Gasteiger partial charge in [0.1, 0.15) is 17.2 Å². The highest BCUT2D eigenvalue weighted by atomic mass is 16.5. The largest absolute Gasteiger partial charge is 0.504 e. The van der Waals surface area contributed by atoms with Crippen molar-refractivity contribution in [3.63, 3.8) is 0 Å². The van der Waals surface area contributed by atoms with Gasteiger partial charge in [-0.3, -0.25) is 19.2 Å². The quantitative estimate of drug-likeness (QED) is 0.437. The third-order valence-corrected chi connectivity index (χ3v) is 6.15. The molecule has 0 spiro atoms. The number of aromatic hydroxyl groups is 1. The van der Waals surface area contributed by atoms with E-state index in [0.29, 0.717) is 28.3 Å². The van der Waals surface area contributed by atoms with Gasteiger partial charge in [-0.1, -0.05) is 54.6 Å². The number of hydrogen-bond donors (Lipinski definition) is 1. The van der Waals surface area contributed by atoms with Crippen molar-refractivity contribution >= 4 is 23.5 Å². The Bertz CT molecular complexity index is 1580. The average Bonchev–Trinajstić information content (AvgIpc) is 3.32. The minimum absolute atomic E-state index is 0.00567. The van der Waals surface area contributed by atoms with Crippen molar-refractivity contribution in [1.82, 2.24) is 9.36 Å². The van der Waals surface area contributed by atoms with E-state index < -0.39 is 5.91 Å². The molecule has 0 fully saturated rings. The predicted octanol–water partition coefficient (Wildman–Crippen LogP) is 4.03. The number of amides is 1. The average molecular weight is 481 g/mol. The Labute approximate surface area is 207 Å². The number of anilines is 1. The number of aliphatic imine (C=N–C) groups is 1. The first-order valence-corrected chi connectivity index (χ1v) is 11.3. The summed E-state index contributed by atoms with van der Waals surface area (Å²) in [6, 6.07) is 23.3. The molecule has 3 aromatic carbocycles. The van der Waals surface area contributed by atoms with Crippen LogP contribution < -0.4 is 15.2 Å². The lowest BCUT2D eigenvalue weighted by atomic mass is 10.1. The molecule has 8 heteroatoms. The minimum Gasteiger partial charge on any atom is -0.504 e. The van der Waals surface area contributed by atoms with Crippen LogP contribution in [0.4, 0.5) is 5.69 Å². The van der Waals surface area contributed by atoms with Crippen molar-refractivity contribution in [2.24, 2.45) is 12.0 Å². The summed E-state index contributed by atoms with van der Waals surface area (Å²) in [5.41, 5.74) is 2.70. The Morgan fingerprint density at radius 1 is 0.944 bits per heavy atom. The van der Waals surface area contributed by atoms with E-state index in [9.17, 15) is 14.7 Å². The van der Waals surface area contributed by atoms with Gasteiger partial charge in [-0.2, -0.15) is 0 Å². The number of benzene rings is 3. The lowest BCUT2D eigenvalue weighted by Crippen LogP contribution is -2.36. The fraction of sp³-hybridized carbons (Fsp3) is 0.107. The molecule has 1 amide bonds. The first-order chi connectivity index (χ1) is 17.4. The maximum absolute atomic E-state index is 13.8. The molecule has 4 aromatic rings. The van der Waals surface area contributed by atoms with Crippen LogP contribution in [0.5, 0.6) is 11.5 Å². The van der Waals surface area contributed by atoms with Gasteiger partial charge in [0.05, 0.1) is 18.5 Å². The first kappa shape index (κ1) is 22.9. The number of para-hydroxylation sites is 1. The van der Waals surface area contributed by atoms with Gasteiger partial charge in [0.2, 0.25) is 0 Å². The van der Waals surface area contributed by atoms with Gasteiger partial charge in [-0.15, -0.1) is 0 Å². The van der Waals surface area contributed by atoms with E-state index in [2.05, 4.69) is 4.99 Å². The van der Waals surface area contributed by atoms with Crippen LogP contribution in [0.2, 0.25) is 0 Å². The van der Waals surface area contributed by atoms with Crippen molar-refractivity contribution in [3.05, 3.63) is 112 Å². The second-order valence-corrected chi connectivity index (χ2v) is 8.31. The number of rotatable bonds is 5. The fourth-order valence-corrected chi connectivity index (χ4v) is 4.26. The highest BCUT2D eigenvalue weighted by Crippen LogP contribution is 2.31. The molecule has 0 atom stereocenters. The van der Waals surface area contributed by atoms with Crippen LogP contribution in [0, 0.1) is 6.92 Å². The molecular weight excluding hydrogens is 456 g/mol. The molecule has 0 saturated carbocycles. The van der Waals surface area contributed by atoms with E-state index in [1.54, 1.807) is 36.9 Å². The summed E-state index contributed by atoms with van der Waals surface area (Å²) in [5.74, 6) is 0.216. The monoisotopic (exact) mass is 480 g/mol. The van der Waals surface area contributed by atoms with Gasteiger partial charge in [0, 0.05) is 12.6 Å². The molecule has 0 aliphatic carbocycles. The highest BCUT2D eigenvalue weighted by molar-refractivity contribution is 6.33. The summed E-state index contributed by atoms with van der Waals surface area (Å²) in [6.07, 6.45) is 1.61. The third-order valence-electron chi connectivity index (χ3n) is 6.15. The lowest BCUT2D eigenvalue weighted by molar-refractivity contribution is -0.113. The summed E-state index contributed by atoms with van der Waals surface area (Å²) in [6.45, 7) is 1.80. The van der Waals surface area contributed by atoms with Crippen molar-refractivity contribution in [3.8, 4) is 17.2 Å². The van der Waals surface area contributed by atoms with E-state index >= 15 is 0 Å². The summed E-state index contributed by atoms with van der Waals surface area (Å²) in [4.78, 5) is 33.6. The predicted molar refractivity (Wildman–Crippen MR) is 139 cm³/mol. The summed E-state index contributed by atoms with van der Waals surface area (Å²) >= 11 is 0. The van der Waals surface area contributed by atoms with Gasteiger partial charge >= 0.3 is 0 Å². The molecule has 0 saturated heterocycles. The summed E-state index contributed by atoms with van der Waals surface area (Å²) < 4.78 is 8.46. The molecule has 5 rings (SSSR count). The topological polar surface area (TPSA) is 89.1 Å². The summed E-state index contributed by atoms with van der Waals surface area (Å²) in [5, 5.41) is 9.92. The van der Waals surface area contributed by atoms with Crippen molar-refractivity contribution < 1.29 is 14.6 Å². The van der Waals surface area contributed by atoms with E-state index in [-0.39, 0.29) is 28.4 Å². The molecule has 1 aliphatic heterocycles. The standard InChI is InChI=1S/C28H24N4O4/c1-18-25(28(35)32(30(18)2)21-12-8-5-9-13-21)31-26(20-10-6-4-7-11-20)29-22(27(31)34)16-19-14-15-23(33)24(17-19)36-3/h4-17,33H,1-3H3/b22-16-. The van der Waals surface area contributed by atoms with Crippen LogP contribution in [0.25, 0.3) is 11.8 Å². The smallest absolute Gasteiger partial charge is 0.296 e. The maximum atomic E-state index is 13.8. The Morgan fingerprint density at radius 2 is 1.61 bits per heavy atom. The normalized spacial score (nSPS) is 14.4. The number of carbonyl (C=O) groups excluding carboxylic acids is 1. The molecule has 1 aliphatic rings. The summed E-state index contributed by atoms with van der Waals surface area (Å²) in [7, 11) is 3.24. The number of methoxy groups -OCH3 is 1. The van der Waals surface area contributed by atoms with Gasteiger partial charge in [0.25, 0.3) is 11.5 Å². The maximum Gasteiger partial charge on any atom is 0.296 e. The number of hydrogen-bond acceptors (Lipinski definition) is 5. The fourth-order valence-electron chi connectivity index (χ4n) is 4.26. The van der Waals surface area contributed by atoms with Crippen molar-refractivity contribution in [2.75, 3.05) is 12.0 Å². The zero-order valence-corrected chi connectivity index (χ0v) is 20.0. The number of nitrogens with zero attached hydrogens (tertiary/aromatic N) is 4. The van der Waals surface area contributed by atoms with Gasteiger partial charge < -0.3 is 9.84 Å². The van der Waals surface area contributed by atoms with Gasteiger partial charge in [0.15, 0.2) is 11.5 Å². The van der Waals surface area contributed by atoms with Gasteiger partial charge in [-0.25, -0.2) is 9.67 Å². The van der Waals surface area contributed by atoms with E-state index in [4.69, 9.17) is 4.74 Å². The molecule has 0 radical (unpaired) electrons. The second kappa shape index (κ2) is 9.07. The number of aromatic nitrogens is 2. The van der Waals surface area contributed by atoms with E-state index in [0.717, 1.165) is 0 Å². The minimum atomic E-state index is -0.424. The zero-order chi connectivity index (χ0) is 25.4. The molecule has 0 unspecified atom stereocenters. The first-order valence-electron chi connectivity index (χ1n) is 11.3. The van der Waals surface area contributed by atoms with Crippen LogP contribution >= 0.6 is 0 Å². The van der Waals surface area contributed by atoms with E-state index in [1.807, 2.05) is 60.7 Å². The number of amidine groups is 1. The number of phenols is 1. The molecule has 1 N–H and O–H groups in total. The molecule has 180 valence electrons. The highest BCUT2D eigenvalue weighted by Gasteiger charge is 2.37. The molecule has 8 nitrogen and oxygen atoms in total. The molecule has 1 aromatic heterocycles. The Hall–Kier alpha value is -4.85. The Balaban J connectivity index is 1.69. The third kappa shape index (κ3) is 3.78. The van der Waals surface area contributed by atoms with Crippen LogP contribution in [0.3, 0.4) is 0 Å². The van der Waals surface area contributed by atoms with Crippen molar-refractivity contribution in [1.29, 1.82) is 0 Å². The zero-order valence-electron chi connectivity index (χ0n) is 20.0. The van der Waals surface area contributed by atoms with Crippen LogP contribution in [-0.2, 0) is 11.8 Å². The van der Waals surface area contributed by atoms with Crippen LogP contribution in [-0.4, -0.2) is 33.3 Å². The Morgan fingerprint density at radius 3 is 2.28 bits per heavy atom. The van der Waals surface area contributed by atoms with Crippen LogP contribution in [0.15, 0.2) is 94.3 Å². The molecule has 0 bridgehead atoms. The Kier molecular flexibility index (Phi) is 5.77. The molecule has 2 heterocycles. The number of phenolic OH excluding ortho intramolecular Hbond substituents is 1. The second-order valence-electron chi connectivity index (χ2n) is 8.31. The molecule has 36 heavy (non-hydrogen) atoms. The molecular formula is C28H24N4O4. The van der Waals surface area contributed by atoms with Crippen molar-refractivity contribution in [2.45, 2.75) is 6.92 Å².